The van der Waals surface area contributed by atoms with Crippen LogP contribution in [0.4, 0.5) is 4.39 Å². The zero-order valence-electron chi connectivity index (χ0n) is 12.9. The summed E-state index contributed by atoms with van der Waals surface area (Å²) in [6.07, 6.45) is 5.65. The Labute approximate surface area is 129 Å². The van der Waals surface area contributed by atoms with Crippen LogP contribution in [0, 0.1) is 5.82 Å². The SMILES string of the molecule is CCN(CC)C(c1cccnc1)c1c[nH]c2ccc(F)cc12. The lowest BCUT2D eigenvalue weighted by molar-refractivity contribution is 0.251. The summed E-state index contributed by atoms with van der Waals surface area (Å²) in [7, 11) is 0. The van der Waals surface area contributed by atoms with Crippen LogP contribution in [0.15, 0.2) is 48.9 Å². The zero-order chi connectivity index (χ0) is 15.5. The molecule has 0 amide bonds. The minimum Gasteiger partial charge on any atom is -0.361 e. The Morgan fingerprint density at radius 3 is 2.73 bits per heavy atom. The van der Waals surface area contributed by atoms with Crippen molar-refractivity contribution >= 4 is 10.9 Å². The molecule has 0 aliphatic heterocycles. The van der Waals surface area contributed by atoms with Gasteiger partial charge in [0.2, 0.25) is 0 Å². The van der Waals surface area contributed by atoms with Gasteiger partial charge in [-0.25, -0.2) is 4.39 Å². The van der Waals surface area contributed by atoms with Crippen molar-refractivity contribution in [3.05, 3.63) is 65.9 Å². The topological polar surface area (TPSA) is 31.9 Å². The van der Waals surface area contributed by atoms with Crippen molar-refractivity contribution in [1.29, 1.82) is 0 Å². The van der Waals surface area contributed by atoms with Crippen LogP contribution in [0.3, 0.4) is 0 Å². The maximum absolute atomic E-state index is 13.7. The predicted octanol–water partition coefficient (Wildman–Crippen LogP) is 4.13. The Bertz CT molecular complexity index is 747. The molecule has 3 aromatic rings. The van der Waals surface area contributed by atoms with Gasteiger partial charge < -0.3 is 4.98 Å². The van der Waals surface area contributed by atoms with E-state index in [-0.39, 0.29) is 11.9 Å². The van der Waals surface area contributed by atoms with Crippen molar-refractivity contribution in [2.75, 3.05) is 13.1 Å². The first-order valence-corrected chi connectivity index (χ1v) is 7.65. The van der Waals surface area contributed by atoms with Crippen molar-refractivity contribution in [3.63, 3.8) is 0 Å². The van der Waals surface area contributed by atoms with E-state index in [4.69, 9.17) is 0 Å². The van der Waals surface area contributed by atoms with E-state index in [1.807, 2.05) is 18.5 Å². The van der Waals surface area contributed by atoms with Crippen LogP contribution in [0.25, 0.3) is 10.9 Å². The van der Waals surface area contributed by atoms with Crippen LogP contribution >= 0.6 is 0 Å². The molecule has 1 aromatic carbocycles. The fourth-order valence-corrected chi connectivity index (χ4v) is 3.05. The van der Waals surface area contributed by atoms with Crippen molar-refractivity contribution in [2.45, 2.75) is 19.9 Å². The van der Waals surface area contributed by atoms with Crippen LogP contribution in [0.5, 0.6) is 0 Å². The van der Waals surface area contributed by atoms with Crippen molar-refractivity contribution in [3.8, 4) is 0 Å². The number of halogens is 1. The fourth-order valence-electron chi connectivity index (χ4n) is 3.05. The summed E-state index contributed by atoms with van der Waals surface area (Å²) >= 11 is 0. The highest BCUT2D eigenvalue weighted by Gasteiger charge is 2.23. The standard InChI is InChI=1S/C18H20FN3/c1-3-22(4-2)18(13-6-5-9-20-11-13)16-12-21-17-8-7-14(19)10-15(16)17/h5-12,18,21H,3-4H2,1-2H3. The second-order valence-corrected chi connectivity index (χ2v) is 5.34. The molecule has 0 radical (unpaired) electrons. The van der Waals surface area contributed by atoms with Crippen LogP contribution in [0.1, 0.15) is 31.0 Å². The third-order valence-corrected chi connectivity index (χ3v) is 4.15. The second kappa shape index (κ2) is 6.28. The Kier molecular flexibility index (Phi) is 4.20. The molecule has 0 aliphatic carbocycles. The number of nitrogens with zero attached hydrogens (tertiary/aromatic N) is 2. The normalized spacial score (nSPS) is 12.9. The highest BCUT2D eigenvalue weighted by atomic mass is 19.1. The lowest BCUT2D eigenvalue weighted by Gasteiger charge is -2.29. The maximum atomic E-state index is 13.7. The number of nitrogens with one attached hydrogen (secondary N) is 1. The van der Waals surface area contributed by atoms with Crippen LogP contribution in [0.2, 0.25) is 0 Å². The molecule has 1 atom stereocenters. The van der Waals surface area contributed by atoms with Gasteiger partial charge in [0.15, 0.2) is 0 Å². The van der Waals surface area contributed by atoms with Gasteiger partial charge in [0.05, 0.1) is 6.04 Å². The summed E-state index contributed by atoms with van der Waals surface area (Å²) < 4.78 is 13.7. The summed E-state index contributed by atoms with van der Waals surface area (Å²) in [5, 5.41) is 0.931. The van der Waals surface area contributed by atoms with E-state index in [1.54, 1.807) is 18.3 Å². The van der Waals surface area contributed by atoms with Gasteiger partial charge >= 0.3 is 0 Å². The number of H-pyrrole nitrogens is 1. The fraction of sp³-hybridized carbons (Fsp3) is 0.278. The van der Waals surface area contributed by atoms with E-state index in [9.17, 15) is 4.39 Å². The lowest BCUT2D eigenvalue weighted by Crippen LogP contribution is -2.29. The second-order valence-electron chi connectivity index (χ2n) is 5.34. The molecule has 3 nitrogen and oxygen atoms in total. The molecule has 0 aliphatic rings. The number of fused-ring (bicyclic) bond motifs is 1. The Balaban J connectivity index is 2.17. The summed E-state index contributed by atoms with van der Waals surface area (Å²) in [6, 6.07) is 8.97. The quantitative estimate of drug-likeness (QED) is 0.767. The van der Waals surface area contributed by atoms with E-state index in [0.29, 0.717) is 0 Å². The van der Waals surface area contributed by atoms with Gasteiger partial charge in [-0.2, -0.15) is 0 Å². The Morgan fingerprint density at radius 2 is 2.05 bits per heavy atom. The number of rotatable bonds is 5. The van der Waals surface area contributed by atoms with E-state index in [1.165, 1.54) is 6.07 Å². The molecule has 22 heavy (non-hydrogen) atoms. The maximum Gasteiger partial charge on any atom is 0.123 e. The third-order valence-electron chi connectivity index (χ3n) is 4.15. The molecule has 1 unspecified atom stereocenters. The molecule has 0 spiro atoms. The number of aromatic nitrogens is 2. The number of aromatic amines is 1. The molecule has 2 aromatic heterocycles. The summed E-state index contributed by atoms with van der Waals surface area (Å²) in [6.45, 7) is 6.11. The first kappa shape index (κ1) is 14.7. The van der Waals surface area contributed by atoms with Gasteiger partial charge in [0, 0.05) is 29.5 Å². The molecule has 0 fully saturated rings. The van der Waals surface area contributed by atoms with E-state index in [2.05, 4.69) is 34.8 Å². The first-order valence-electron chi connectivity index (χ1n) is 7.65. The Hall–Kier alpha value is -2.20. The monoisotopic (exact) mass is 297 g/mol. The van der Waals surface area contributed by atoms with Crippen LogP contribution in [-0.4, -0.2) is 28.0 Å². The number of benzene rings is 1. The molecular formula is C18H20FN3. The Morgan fingerprint density at radius 1 is 1.23 bits per heavy atom. The van der Waals surface area contributed by atoms with Crippen molar-refractivity contribution in [2.24, 2.45) is 0 Å². The third kappa shape index (κ3) is 2.62. The van der Waals surface area contributed by atoms with E-state index in [0.717, 1.165) is 35.1 Å². The molecular weight excluding hydrogens is 277 g/mol. The molecule has 3 rings (SSSR count). The highest BCUT2D eigenvalue weighted by molar-refractivity contribution is 5.84. The summed E-state index contributed by atoms with van der Waals surface area (Å²) in [4.78, 5) is 9.86. The van der Waals surface area contributed by atoms with Crippen molar-refractivity contribution in [1.82, 2.24) is 14.9 Å². The van der Waals surface area contributed by atoms with E-state index >= 15 is 0 Å². The van der Waals surface area contributed by atoms with Gasteiger partial charge in [0.1, 0.15) is 5.82 Å². The molecule has 114 valence electrons. The van der Waals surface area contributed by atoms with Crippen LogP contribution < -0.4 is 0 Å². The smallest absolute Gasteiger partial charge is 0.123 e. The summed E-state index contributed by atoms with van der Waals surface area (Å²) in [5.41, 5.74) is 3.17. The minimum atomic E-state index is -0.210. The van der Waals surface area contributed by atoms with Crippen LogP contribution in [-0.2, 0) is 0 Å². The molecule has 1 N–H and O–H groups in total. The van der Waals surface area contributed by atoms with Gasteiger partial charge in [-0.15, -0.1) is 0 Å². The lowest BCUT2D eigenvalue weighted by atomic mass is 9.97. The molecule has 0 bridgehead atoms. The van der Waals surface area contributed by atoms with Gasteiger partial charge in [0.25, 0.3) is 0 Å². The number of pyridine rings is 1. The summed E-state index contributed by atoms with van der Waals surface area (Å²) in [5.74, 6) is -0.210. The first-order chi connectivity index (χ1) is 10.7. The predicted molar refractivity (Wildman–Crippen MR) is 87.3 cm³/mol. The molecule has 0 saturated carbocycles. The van der Waals surface area contributed by atoms with Gasteiger partial charge in [-0.05, 0) is 48.5 Å². The average Bonchev–Trinajstić information content (AvgIpc) is 2.96. The number of hydrogen-bond donors (Lipinski definition) is 1. The molecule has 0 saturated heterocycles. The minimum absolute atomic E-state index is 0.0687. The number of hydrogen-bond acceptors (Lipinski definition) is 2. The molecule has 4 heteroatoms. The molecule has 2 heterocycles. The largest absolute Gasteiger partial charge is 0.361 e. The van der Waals surface area contributed by atoms with Crippen molar-refractivity contribution < 1.29 is 4.39 Å². The van der Waals surface area contributed by atoms with Gasteiger partial charge in [-0.3, -0.25) is 9.88 Å². The van der Waals surface area contributed by atoms with Gasteiger partial charge in [-0.1, -0.05) is 19.9 Å². The van der Waals surface area contributed by atoms with E-state index < -0.39 is 0 Å². The zero-order valence-corrected chi connectivity index (χ0v) is 12.9. The average molecular weight is 297 g/mol. The highest BCUT2D eigenvalue weighted by Crippen LogP contribution is 2.33.